The number of aryl methyl sites for hydroxylation is 1. The van der Waals surface area contributed by atoms with Crippen molar-refractivity contribution in [2.75, 3.05) is 31.7 Å². The third kappa shape index (κ3) is 4.07. The number of halogens is 3. The SMILES string of the molecule is Cc1c(NCCCOC2CCOCC2)nn2c(C(F)(F)F)nnc2c1C. The Morgan fingerprint density at radius 2 is 1.92 bits per heavy atom. The van der Waals surface area contributed by atoms with E-state index in [2.05, 4.69) is 20.6 Å². The highest BCUT2D eigenvalue weighted by Gasteiger charge is 2.38. The first-order valence-corrected chi connectivity index (χ1v) is 8.61. The fourth-order valence-electron chi connectivity index (χ4n) is 2.84. The van der Waals surface area contributed by atoms with E-state index in [-0.39, 0.29) is 11.8 Å². The Morgan fingerprint density at radius 3 is 2.62 bits per heavy atom. The molecule has 26 heavy (non-hydrogen) atoms. The molecule has 0 spiro atoms. The van der Waals surface area contributed by atoms with Crippen molar-refractivity contribution in [2.45, 2.75) is 45.4 Å². The largest absolute Gasteiger partial charge is 0.453 e. The lowest BCUT2D eigenvalue weighted by Crippen LogP contribution is -2.24. The average Bonchev–Trinajstić information content (AvgIpc) is 3.04. The molecular formula is C16H22F3N5O2. The molecule has 1 aliphatic rings. The molecule has 0 atom stereocenters. The van der Waals surface area contributed by atoms with E-state index in [1.807, 2.05) is 0 Å². The number of alkyl halides is 3. The van der Waals surface area contributed by atoms with Gasteiger partial charge in [0.15, 0.2) is 5.65 Å². The monoisotopic (exact) mass is 373 g/mol. The van der Waals surface area contributed by atoms with Gasteiger partial charge in [-0.2, -0.15) is 17.7 Å². The van der Waals surface area contributed by atoms with Crippen LogP contribution in [0.1, 0.15) is 36.2 Å². The molecule has 144 valence electrons. The zero-order chi connectivity index (χ0) is 18.7. The fourth-order valence-corrected chi connectivity index (χ4v) is 2.84. The number of fused-ring (bicyclic) bond motifs is 1. The number of ether oxygens (including phenoxy) is 2. The minimum Gasteiger partial charge on any atom is -0.381 e. The minimum absolute atomic E-state index is 0.114. The van der Waals surface area contributed by atoms with Crippen LogP contribution in [0, 0.1) is 13.8 Å². The van der Waals surface area contributed by atoms with Crippen LogP contribution in [-0.2, 0) is 15.7 Å². The molecule has 0 unspecified atom stereocenters. The molecule has 0 aromatic carbocycles. The molecule has 2 aromatic heterocycles. The van der Waals surface area contributed by atoms with Crippen LogP contribution in [0.5, 0.6) is 0 Å². The topological polar surface area (TPSA) is 73.6 Å². The lowest BCUT2D eigenvalue weighted by atomic mass is 10.1. The second-order valence-electron chi connectivity index (χ2n) is 6.32. The Labute approximate surface area is 148 Å². The van der Waals surface area contributed by atoms with E-state index in [1.165, 1.54) is 0 Å². The molecule has 7 nitrogen and oxygen atoms in total. The van der Waals surface area contributed by atoms with Gasteiger partial charge in [0.1, 0.15) is 5.82 Å². The van der Waals surface area contributed by atoms with Gasteiger partial charge in [0.05, 0.1) is 6.10 Å². The summed E-state index contributed by atoms with van der Waals surface area (Å²) in [5.74, 6) is -0.729. The third-order valence-corrected chi connectivity index (χ3v) is 4.48. The van der Waals surface area contributed by atoms with Crippen molar-refractivity contribution >= 4 is 11.5 Å². The highest BCUT2D eigenvalue weighted by Crippen LogP contribution is 2.29. The summed E-state index contributed by atoms with van der Waals surface area (Å²) in [6.45, 7) is 6.09. The summed E-state index contributed by atoms with van der Waals surface area (Å²) in [5, 5.41) is 14.0. The Balaban J connectivity index is 1.63. The highest BCUT2D eigenvalue weighted by atomic mass is 19.4. The van der Waals surface area contributed by atoms with E-state index in [0.29, 0.717) is 24.5 Å². The van der Waals surface area contributed by atoms with Gasteiger partial charge in [0.25, 0.3) is 5.82 Å². The summed E-state index contributed by atoms with van der Waals surface area (Å²) >= 11 is 0. The molecule has 0 aliphatic carbocycles. The van der Waals surface area contributed by atoms with Crippen molar-refractivity contribution in [3.05, 3.63) is 17.0 Å². The highest BCUT2D eigenvalue weighted by molar-refractivity contribution is 5.58. The quantitative estimate of drug-likeness (QED) is 0.785. The Kier molecular flexibility index (Phi) is 5.61. The molecule has 0 amide bonds. The van der Waals surface area contributed by atoms with E-state index in [0.717, 1.165) is 42.6 Å². The molecule has 0 radical (unpaired) electrons. The van der Waals surface area contributed by atoms with E-state index in [4.69, 9.17) is 9.47 Å². The minimum atomic E-state index is -4.61. The number of hydrogen-bond donors (Lipinski definition) is 1. The Hall–Kier alpha value is -1.94. The maximum atomic E-state index is 13.0. The van der Waals surface area contributed by atoms with Gasteiger partial charge in [0.2, 0.25) is 0 Å². The van der Waals surface area contributed by atoms with Gasteiger partial charge in [0, 0.05) is 31.9 Å². The molecule has 10 heteroatoms. The number of hydrogen-bond acceptors (Lipinski definition) is 6. The molecule has 3 rings (SSSR count). The summed E-state index contributed by atoms with van der Waals surface area (Å²) in [7, 11) is 0. The van der Waals surface area contributed by atoms with Crippen molar-refractivity contribution in [3.8, 4) is 0 Å². The molecule has 1 aliphatic heterocycles. The van der Waals surface area contributed by atoms with Crippen LogP contribution in [0.2, 0.25) is 0 Å². The normalized spacial score (nSPS) is 16.3. The summed E-state index contributed by atoms with van der Waals surface area (Å²) in [6, 6.07) is 0. The van der Waals surface area contributed by atoms with Gasteiger partial charge < -0.3 is 14.8 Å². The Bertz CT molecular complexity index is 756. The third-order valence-electron chi connectivity index (χ3n) is 4.48. The predicted octanol–water partition coefficient (Wildman–Crippen LogP) is 2.76. The number of aromatic nitrogens is 4. The average molecular weight is 373 g/mol. The van der Waals surface area contributed by atoms with Crippen LogP contribution in [0.4, 0.5) is 19.0 Å². The number of nitrogens with one attached hydrogen (secondary N) is 1. The fraction of sp³-hybridized carbons (Fsp3) is 0.688. The van der Waals surface area contributed by atoms with E-state index >= 15 is 0 Å². The smallest absolute Gasteiger partial charge is 0.381 e. The first-order valence-electron chi connectivity index (χ1n) is 8.61. The molecule has 1 saturated heterocycles. The number of nitrogens with zero attached hydrogens (tertiary/aromatic N) is 4. The van der Waals surface area contributed by atoms with Crippen LogP contribution >= 0.6 is 0 Å². The molecule has 2 aromatic rings. The number of anilines is 1. The van der Waals surface area contributed by atoms with Crippen LogP contribution in [0.25, 0.3) is 5.65 Å². The molecule has 3 heterocycles. The number of rotatable bonds is 6. The molecule has 1 N–H and O–H groups in total. The maximum Gasteiger partial charge on any atom is 0.453 e. The second kappa shape index (κ2) is 7.75. The zero-order valence-electron chi connectivity index (χ0n) is 14.8. The Morgan fingerprint density at radius 1 is 1.19 bits per heavy atom. The van der Waals surface area contributed by atoms with Crippen molar-refractivity contribution in [2.24, 2.45) is 0 Å². The summed E-state index contributed by atoms with van der Waals surface area (Å²) < 4.78 is 50.9. The van der Waals surface area contributed by atoms with Crippen LogP contribution in [0.15, 0.2) is 0 Å². The first kappa shape index (κ1) is 18.8. The first-order chi connectivity index (χ1) is 12.4. The van der Waals surface area contributed by atoms with Gasteiger partial charge in [-0.3, -0.25) is 0 Å². The lowest BCUT2D eigenvalue weighted by Gasteiger charge is -2.22. The van der Waals surface area contributed by atoms with Gasteiger partial charge in [-0.05, 0) is 38.7 Å². The second-order valence-corrected chi connectivity index (χ2v) is 6.32. The van der Waals surface area contributed by atoms with Crippen molar-refractivity contribution in [1.29, 1.82) is 0 Å². The van der Waals surface area contributed by atoms with Crippen LogP contribution in [0.3, 0.4) is 0 Å². The maximum absolute atomic E-state index is 13.0. The predicted molar refractivity (Wildman–Crippen MR) is 88.2 cm³/mol. The molecule has 1 fully saturated rings. The van der Waals surface area contributed by atoms with Crippen molar-refractivity contribution < 1.29 is 22.6 Å². The molecule has 0 bridgehead atoms. The van der Waals surface area contributed by atoms with E-state index in [1.54, 1.807) is 13.8 Å². The van der Waals surface area contributed by atoms with Gasteiger partial charge in [-0.1, -0.05) is 0 Å². The van der Waals surface area contributed by atoms with E-state index < -0.39 is 12.0 Å². The summed E-state index contributed by atoms with van der Waals surface area (Å²) in [4.78, 5) is 0. The van der Waals surface area contributed by atoms with Gasteiger partial charge >= 0.3 is 6.18 Å². The standard InChI is InChI=1S/C16H22F3N5O2/c1-10-11(2)14-21-22-15(16(17,18)19)24(14)23-13(10)20-6-3-7-26-12-4-8-25-9-5-12/h12H,3-9H2,1-2H3,(H,20,23). The lowest BCUT2D eigenvalue weighted by molar-refractivity contribution is -0.146. The zero-order valence-corrected chi connectivity index (χ0v) is 14.8. The van der Waals surface area contributed by atoms with E-state index in [9.17, 15) is 13.2 Å². The van der Waals surface area contributed by atoms with Crippen LogP contribution in [-0.4, -0.2) is 52.3 Å². The summed E-state index contributed by atoms with van der Waals surface area (Å²) in [5.41, 5.74) is 1.48. The van der Waals surface area contributed by atoms with Gasteiger partial charge in [-0.25, -0.2) is 0 Å². The van der Waals surface area contributed by atoms with Gasteiger partial charge in [-0.15, -0.1) is 15.3 Å². The van der Waals surface area contributed by atoms with Crippen molar-refractivity contribution in [1.82, 2.24) is 19.8 Å². The molecular weight excluding hydrogens is 351 g/mol. The molecule has 0 saturated carbocycles. The van der Waals surface area contributed by atoms with Crippen LogP contribution < -0.4 is 5.32 Å². The summed E-state index contributed by atoms with van der Waals surface area (Å²) in [6.07, 6.45) is -1.85. The van der Waals surface area contributed by atoms with Crippen molar-refractivity contribution in [3.63, 3.8) is 0 Å².